The first kappa shape index (κ1) is 16.6. The van der Waals surface area contributed by atoms with E-state index in [1.807, 2.05) is 19.1 Å². The summed E-state index contributed by atoms with van der Waals surface area (Å²) < 4.78 is 16.0. The predicted octanol–water partition coefficient (Wildman–Crippen LogP) is 1.96. The van der Waals surface area contributed by atoms with E-state index in [2.05, 4.69) is 0 Å². The third-order valence-corrected chi connectivity index (χ3v) is 3.10. The third-order valence-electron chi connectivity index (χ3n) is 3.10. The Kier molecular flexibility index (Phi) is 6.61. The fourth-order valence-corrected chi connectivity index (χ4v) is 1.76. The van der Waals surface area contributed by atoms with Crippen LogP contribution in [0.25, 0.3) is 0 Å². The maximum absolute atomic E-state index is 9.06. The Hall–Kier alpha value is -1.46. The van der Waals surface area contributed by atoms with Crippen LogP contribution in [0, 0.1) is 0 Å². The van der Waals surface area contributed by atoms with Gasteiger partial charge in [-0.3, -0.25) is 0 Å². The first-order valence-corrected chi connectivity index (χ1v) is 6.76. The van der Waals surface area contributed by atoms with Gasteiger partial charge in [-0.15, -0.1) is 0 Å². The van der Waals surface area contributed by atoms with Crippen molar-refractivity contribution >= 4 is 0 Å². The second-order valence-electron chi connectivity index (χ2n) is 5.17. The van der Waals surface area contributed by atoms with E-state index in [9.17, 15) is 0 Å². The van der Waals surface area contributed by atoms with Crippen LogP contribution >= 0.6 is 0 Å². The highest BCUT2D eigenvalue weighted by Gasteiger charge is 2.15. The van der Waals surface area contributed by atoms with Crippen molar-refractivity contribution in [3.8, 4) is 17.2 Å². The lowest BCUT2D eigenvalue weighted by Crippen LogP contribution is -2.39. The molecule has 114 valence electrons. The molecule has 0 bridgehead atoms. The normalized spacial score (nSPS) is 13.7. The molecule has 1 aromatic carbocycles. The Morgan fingerprint density at radius 1 is 1.05 bits per heavy atom. The van der Waals surface area contributed by atoms with Gasteiger partial charge < -0.3 is 25.1 Å². The van der Waals surface area contributed by atoms with Gasteiger partial charge >= 0.3 is 0 Å². The van der Waals surface area contributed by atoms with Crippen molar-refractivity contribution < 1.29 is 19.3 Å². The number of aliphatic hydroxyl groups is 1. The highest BCUT2D eigenvalue weighted by molar-refractivity contribution is 5.41. The Morgan fingerprint density at radius 2 is 1.60 bits per heavy atom. The lowest BCUT2D eigenvalue weighted by molar-refractivity contribution is 0.194. The summed E-state index contributed by atoms with van der Waals surface area (Å²) in [7, 11) is 3.21. The molecule has 1 aromatic rings. The zero-order valence-electron chi connectivity index (χ0n) is 12.5. The zero-order chi connectivity index (χ0) is 15.0. The molecule has 0 aromatic heterocycles. The minimum Gasteiger partial charge on any atom is -0.496 e. The van der Waals surface area contributed by atoms with E-state index < -0.39 is 5.54 Å². The maximum Gasteiger partial charge on any atom is 0.126 e. The minimum absolute atomic E-state index is 0.000933. The van der Waals surface area contributed by atoms with E-state index in [0.717, 1.165) is 25.0 Å². The van der Waals surface area contributed by atoms with E-state index in [1.54, 1.807) is 20.3 Å². The average Bonchev–Trinajstić information content (AvgIpc) is 2.46. The molecule has 0 saturated carbocycles. The minimum atomic E-state index is -0.501. The molecule has 5 nitrogen and oxygen atoms in total. The highest BCUT2D eigenvalue weighted by Crippen LogP contribution is 2.27. The molecule has 0 radical (unpaired) electrons. The average molecular weight is 283 g/mol. The SMILES string of the molecule is COc1cc(OC)cc(OCCCCC(C)(N)CO)c1. The third kappa shape index (κ3) is 5.67. The first-order chi connectivity index (χ1) is 9.50. The number of hydrogen-bond donors (Lipinski definition) is 2. The molecule has 0 saturated heterocycles. The number of benzene rings is 1. The molecule has 1 unspecified atom stereocenters. The molecule has 1 atom stereocenters. The fraction of sp³-hybridized carbons (Fsp3) is 0.600. The first-order valence-electron chi connectivity index (χ1n) is 6.76. The van der Waals surface area contributed by atoms with Gasteiger partial charge in [0.1, 0.15) is 17.2 Å². The summed E-state index contributed by atoms with van der Waals surface area (Å²) in [6.45, 7) is 2.44. The molecule has 0 heterocycles. The van der Waals surface area contributed by atoms with Crippen LogP contribution in [0.5, 0.6) is 17.2 Å². The zero-order valence-corrected chi connectivity index (χ0v) is 12.5. The summed E-state index contributed by atoms with van der Waals surface area (Å²) in [5.74, 6) is 2.13. The number of unbranched alkanes of at least 4 members (excludes halogenated alkanes) is 1. The van der Waals surface area contributed by atoms with Crippen LogP contribution in [0.15, 0.2) is 18.2 Å². The molecule has 0 aliphatic rings. The van der Waals surface area contributed by atoms with Crippen molar-refractivity contribution in [1.29, 1.82) is 0 Å². The lowest BCUT2D eigenvalue weighted by Gasteiger charge is -2.21. The molecule has 0 fully saturated rings. The Bertz CT molecular complexity index is 385. The van der Waals surface area contributed by atoms with Gasteiger partial charge in [-0.25, -0.2) is 0 Å². The molecule has 0 aliphatic carbocycles. The van der Waals surface area contributed by atoms with Crippen LogP contribution in [0.1, 0.15) is 26.2 Å². The predicted molar refractivity (Wildman–Crippen MR) is 78.6 cm³/mol. The standard InChI is InChI=1S/C15H25NO4/c1-15(16,11-17)6-4-5-7-20-14-9-12(18-2)8-13(10-14)19-3/h8-10,17H,4-7,11,16H2,1-3H3. The molecular formula is C15H25NO4. The van der Waals surface area contributed by atoms with Gasteiger partial charge in [-0.2, -0.15) is 0 Å². The Balaban J connectivity index is 2.38. The van der Waals surface area contributed by atoms with Gasteiger partial charge in [0.25, 0.3) is 0 Å². The van der Waals surface area contributed by atoms with Gasteiger partial charge in [0.15, 0.2) is 0 Å². The van der Waals surface area contributed by atoms with Crippen molar-refractivity contribution in [2.45, 2.75) is 31.7 Å². The number of nitrogens with two attached hydrogens (primary N) is 1. The van der Waals surface area contributed by atoms with Gasteiger partial charge in [-0.05, 0) is 26.2 Å². The van der Waals surface area contributed by atoms with Crippen LogP contribution in [-0.4, -0.2) is 38.1 Å². The summed E-state index contributed by atoms with van der Waals surface area (Å²) >= 11 is 0. The quantitative estimate of drug-likeness (QED) is 0.678. The smallest absolute Gasteiger partial charge is 0.126 e. The van der Waals surface area contributed by atoms with E-state index in [4.69, 9.17) is 25.1 Å². The summed E-state index contributed by atoms with van der Waals surface area (Å²) in [4.78, 5) is 0. The molecule has 20 heavy (non-hydrogen) atoms. The molecule has 5 heteroatoms. The van der Waals surface area contributed by atoms with Gasteiger partial charge in [0, 0.05) is 23.7 Å². The molecule has 1 rings (SSSR count). The largest absolute Gasteiger partial charge is 0.496 e. The van der Waals surface area contributed by atoms with E-state index in [0.29, 0.717) is 18.1 Å². The molecule has 3 N–H and O–H groups in total. The molecule has 0 spiro atoms. The summed E-state index contributed by atoms with van der Waals surface area (Å²) in [5.41, 5.74) is 5.36. The molecule has 0 amide bonds. The van der Waals surface area contributed by atoms with Crippen LogP contribution in [0.2, 0.25) is 0 Å². The summed E-state index contributed by atoms with van der Waals surface area (Å²) in [5, 5.41) is 9.06. The van der Waals surface area contributed by atoms with Crippen LogP contribution in [-0.2, 0) is 0 Å². The number of aliphatic hydroxyl groups excluding tert-OH is 1. The van der Waals surface area contributed by atoms with E-state index in [1.165, 1.54) is 0 Å². The highest BCUT2D eigenvalue weighted by atomic mass is 16.5. The van der Waals surface area contributed by atoms with Gasteiger partial charge in [-0.1, -0.05) is 0 Å². The Labute approximate surface area is 120 Å². The van der Waals surface area contributed by atoms with E-state index in [-0.39, 0.29) is 6.61 Å². The summed E-state index contributed by atoms with van der Waals surface area (Å²) in [6.07, 6.45) is 2.56. The second-order valence-corrected chi connectivity index (χ2v) is 5.17. The number of hydrogen-bond acceptors (Lipinski definition) is 5. The topological polar surface area (TPSA) is 73.9 Å². The Morgan fingerprint density at radius 3 is 2.10 bits per heavy atom. The van der Waals surface area contributed by atoms with Crippen molar-refractivity contribution in [1.82, 2.24) is 0 Å². The lowest BCUT2D eigenvalue weighted by atomic mass is 9.97. The van der Waals surface area contributed by atoms with E-state index >= 15 is 0 Å². The number of ether oxygens (including phenoxy) is 3. The summed E-state index contributed by atoms with van der Waals surface area (Å²) in [6, 6.07) is 5.44. The molecular weight excluding hydrogens is 258 g/mol. The van der Waals surface area contributed by atoms with Crippen LogP contribution < -0.4 is 19.9 Å². The van der Waals surface area contributed by atoms with Gasteiger partial charge in [0.05, 0.1) is 27.4 Å². The monoisotopic (exact) mass is 283 g/mol. The van der Waals surface area contributed by atoms with Crippen molar-refractivity contribution in [3.05, 3.63) is 18.2 Å². The second kappa shape index (κ2) is 7.97. The molecule has 0 aliphatic heterocycles. The maximum atomic E-state index is 9.06. The van der Waals surface area contributed by atoms with Crippen molar-refractivity contribution in [2.24, 2.45) is 5.73 Å². The van der Waals surface area contributed by atoms with Crippen LogP contribution in [0.3, 0.4) is 0 Å². The van der Waals surface area contributed by atoms with Crippen molar-refractivity contribution in [2.75, 3.05) is 27.4 Å². The fourth-order valence-electron chi connectivity index (χ4n) is 1.76. The van der Waals surface area contributed by atoms with Gasteiger partial charge in [0.2, 0.25) is 0 Å². The number of methoxy groups -OCH3 is 2. The van der Waals surface area contributed by atoms with Crippen molar-refractivity contribution in [3.63, 3.8) is 0 Å². The number of rotatable bonds is 9. The van der Waals surface area contributed by atoms with Crippen LogP contribution in [0.4, 0.5) is 0 Å².